The molecule has 0 aromatic heterocycles. The topological polar surface area (TPSA) is 64.4 Å². The Kier molecular flexibility index (Phi) is 5.84. The van der Waals surface area contributed by atoms with Crippen LogP contribution in [0.2, 0.25) is 0 Å². The van der Waals surface area contributed by atoms with Crippen LogP contribution in [0.15, 0.2) is 24.3 Å². The van der Waals surface area contributed by atoms with Gasteiger partial charge in [0.25, 0.3) is 0 Å². The summed E-state index contributed by atoms with van der Waals surface area (Å²) in [6, 6.07) is 7.88. The normalized spacial score (nSPS) is 23.0. The summed E-state index contributed by atoms with van der Waals surface area (Å²) >= 11 is 0. The maximum Gasteiger partial charge on any atom is 0.221 e. The average Bonchev–Trinajstić information content (AvgIpc) is 2.66. The minimum atomic E-state index is -0.119. The quantitative estimate of drug-likeness (QED) is 0.896. The van der Waals surface area contributed by atoms with Gasteiger partial charge >= 0.3 is 0 Å². The molecule has 2 rings (SSSR count). The maximum atomic E-state index is 11.8. The summed E-state index contributed by atoms with van der Waals surface area (Å²) in [4.78, 5) is 11.8. The number of amides is 1. The van der Waals surface area contributed by atoms with Crippen LogP contribution in [0.25, 0.3) is 0 Å². The molecule has 4 atom stereocenters. The third-order valence-corrected chi connectivity index (χ3v) is 3.55. The second kappa shape index (κ2) is 6.95. The third kappa shape index (κ3) is 3.64. The molecule has 0 saturated carbocycles. The Morgan fingerprint density at radius 2 is 2.05 bits per heavy atom. The summed E-state index contributed by atoms with van der Waals surface area (Å²) in [5.74, 6) is 1.18. The molecule has 0 radical (unpaired) electrons. The third-order valence-electron chi connectivity index (χ3n) is 3.55. The van der Waals surface area contributed by atoms with Crippen LogP contribution in [0.4, 0.5) is 0 Å². The lowest BCUT2D eigenvalue weighted by molar-refractivity contribution is -0.122. The summed E-state index contributed by atoms with van der Waals surface area (Å²) in [5.41, 5.74) is 6.84. The van der Waals surface area contributed by atoms with Gasteiger partial charge in [-0.3, -0.25) is 4.79 Å². The Hall–Kier alpha value is -1.26. The number of hydrogen-bond donors (Lipinski definition) is 2. The van der Waals surface area contributed by atoms with Crippen molar-refractivity contribution in [2.24, 2.45) is 5.73 Å². The molecule has 0 spiro atoms. The molecular formula is C15H23ClN2O2. The van der Waals surface area contributed by atoms with E-state index in [-0.39, 0.29) is 42.4 Å². The van der Waals surface area contributed by atoms with Crippen LogP contribution in [0.1, 0.15) is 38.7 Å². The molecule has 5 heteroatoms. The van der Waals surface area contributed by atoms with Crippen molar-refractivity contribution in [2.45, 2.75) is 51.3 Å². The summed E-state index contributed by atoms with van der Waals surface area (Å²) in [7, 11) is 0. The van der Waals surface area contributed by atoms with Crippen molar-refractivity contribution in [3.05, 3.63) is 29.8 Å². The number of fused-ring (bicyclic) bond motifs is 1. The second-order valence-electron chi connectivity index (χ2n) is 5.45. The first-order valence-corrected chi connectivity index (χ1v) is 6.79. The minimum absolute atomic E-state index is 0. The van der Waals surface area contributed by atoms with Crippen LogP contribution in [-0.4, -0.2) is 24.1 Å². The number of rotatable bonds is 4. The molecule has 1 heterocycles. The van der Waals surface area contributed by atoms with E-state index in [1.165, 1.54) is 5.56 Å². The zero-order valence-electron chi connectivity index (χ0n) is 12.1. The molecule has 0 saturated heterocycles. The first-order valence-electron chi connectivity index (χ1n) is 6.79. The molecule has 4 unspecified atom stereocenters. The number of hydrogen-bond acceptors (Lipinski definition) is 3. The van der Waals surface area contributed by atoms with Gasteiger partial charge in [-0.1, -0.05) is 25.1 Å². The molecule has 1 aromatic rings. The van der Waals surface area contributed by atoms with E-state index in [1.54, 1.807) is 0 Å². The van der Waals surface area contributed by atoms with E-state index in [0.29, 0.717) is 6.42 Å². The Balaban J connectivity index is 0.00000200. The zero-order valence-corrected chi connectivity index (χ0v) is 12.9. The van der Waals surface area contributed by atoms with Crippen molar-refractivity contribution in [2.75, 3.05) is 0 Å². The largest absolute Gasteiger partial charge is 0.487 e. The first-order chi connectivity index (χ1) is 8.99. The Bertz CT molecular complexity index is 465. The van der Waals surface area contributed by atoms with Crippen molar-refractivity contribution in [3.63, 3.8) is 0 Å². The summed E-state index contributed by atoms with van der Waals surface area (Å²) < 4.78 is 5.94. The number of ether oxygens (including phenoxy) is 1. The molecule has 20 heavy (non-hydrogen) atoms. The Labute approximate surface area is 126 Å². The van der Waals surface area contributed by atoms with Crippen molar-refractivity contribution in [3.8, 4) is 5.75 Å². The first kappa shape index (κ1) is 16.8. The van der Waals surface area contributed by atoms with Gasteiger partial charge in [-0.2, -0.15) is 0 Å². The highest BCUT2D eigenvalue weighted by molar-refractivity contribution is 5.85. The van der Waals surface area contributed by atoms with Crippen molar-refractivity contribution in [1.29, 1.82) is 0 Å². The van der Waals surface area contributed by atoms with Crippen molar-refractivity contribution in [1.82, 2.24) is 5.32 Å². The molecule has 1 amide bonds. The fourth-order valence-electron chi connectivity index (χ4n) is 2.61. The van der Waals surface area contributed by atoms with Gasteiger partial charge in [0.05, 0.1) is 6.04 Å². The fourth-order valence-corrected chi connectivity index (χ4v) is 2.61. The van der Waals surface area contributed by atoms with E-state index in [1.807, 2.05) is 32.0 Å². The molecule has 3 N–H and O–H groups in total. The standard InChI is InChI=1S/C15H22N2O2.ClH/c1-9(16)8-14(18)17-11(3)15-10(2)12-6-4-5-7-13(12)19-15;/h4-7,9-11,15H,8,16H2,1-3H3,(H,17,18);1H. The lowest BCUT2D eigenvalue weighted by Gasteiger charge is -2.24. The van der Waals surface area contributed by atoms with Crippen LogP contribution in [0.3, 0.4) is 0 Å². The highest BCUT2D eigenvalue weighted by atomic mass is 35.5. The molecule has 1 aromatic carbocycles. The molecule has 1 aliphatic heterocycles. The van der Waals surface area contributed by atoms with Gasteiger partial charge in [0.2, 0.25) is 5.91 Å². The predicted octanol–water partition coefficient (Wildman–Crippen LogP) is 2.21. The fraction of sp³-hybridized carbons (Fsp3) is 0.533. The van der Waals surface area contributed by atoms with Gasteiger partial charge < -0.3 is 15.8 Å². The molecule has 1 aliphatic rings. The predicted molar refractivity (Wildman–Crippen MR) is 82.4 cm³/mol. The van der Waals surface area contributed by atoms with Gasteiger partial charge in [-0.15, -0.1) is 12.4 Å². The summed E-state index contributed by atoms with van der Waals surface area (Å²) in [6.45, 7) is 5.94. The number of nitrogens with one attached hydrogen (secondary N) is 1. The second-order valence-corrected chi connectivity index (χ2v) is 5.45. The average molecular weight is 299 g/mol. The number of benzene rings is 1. The van der Waals surface area contributed by atoms with Crippen LogP contribution >= 0.6 is 12.4 Å². The minimum Gasteiger partial charge on any atom is -0.487 e. The smallest absolute Gasteiger partial charge is 0.221 e. The summed E-state index contributed by atoms with van der Waals surface area (Å²) in [6.07, 6.45) is 0.327. The number of carbonyl (C=O) groups excluding carboxylic acids is 1. The maximum absolute atomic E-state index is 11.8. The van der Waals surface area contributed by atoms with Gasteiger partial charge in [0.15, 0.2) is 0 Å². The van der Waals surface area contributed by atoms with Crippen LogP contribution < -0.4 is 15.8 Å². The molecule has 0 aliphatic carbocycles. The molecule has 0 bridgehead atoms. The molecule has 0 fully saturated rings. The summed E-state index contributed by atoms with van der Waals surface area (Å²) in [5, 5.41) is 2.97. The van der Waals surface area contributed by atoms with Crippen LogP contribution in [0.5, 0.6) is 5.75 Å². The van der Waals surface area contributed by atoms with E-state index in [2.05, 4.69) is 18.3 Å². The highest BCUT2D eigenvalue weighted by Gasteiger charge is 2.35. The lowest BCUT2D eigenvalue weighted by Crippen LogP contribution is -2.45. The Morgan fingerprint density at radius 1 is 1.40 bits per heavy atom. The van der Waals surface area contributed by atoms with E-state index in [9.17, 15) is 4.79 Å². The molecule has 4 nitrogen and oxygen atoms in total. The van der Waals surface area contributed by atoms with Gasteiger partial charge in [-0.25, -0.2) is 0 Å². The number of halogens is 1. The lowest BCUT2D eigenvalue weighted by atomic mass is 9.93. The van der Waals surface area contributed by atoms with Crippen molar-refractivity contribution >= 4 is 18.3 Å². The van der Waals surface area contributed by atoms with Gasteiger partial charge in [0, 0.05) is 23.9 Å². The SMILES string of the molecule is CC(N)CC(=O)NC(C)C1Oc2ccccc2C1C.Cl. The number of carbonyl (C=O) groups is 1. The zero-order chi connectivity index (χ0) is 14.0. The van der Waals surface area contributed by atoms with E-state index in [0.717, 1.165) is 5.75 Å². The highest BCUT2D eigenvalue weighted by Crippen LogP contribution is 2.38. The van der Waals surface area contributed by atoms with E-state index < -0.39 is 0 Å². The Morgan fingerprint density at radius 3 is 2.65 bits per heavy atom. The monoisotopic (exact) mass is 298 g/mol. The van der Waals surface area contributed by atoms with Gasteiger partial charge in [-0.05, 0) is 19.9 Å². The van der Waals surface area contributed by atoms with E-state index >= 15 is 0 Å². The number of para-hydroxylation sites is 1. The van der Waals surface area contributed by atoms with Crippen LogP contribution in [0, 0.1) is 0 Å². The van der Waals surface area contributed by atoms with Gasteiger partial charge in [0.1, 0.15) is 11.9 Å². The van der Waals surface area contributed by atoms with Crippen LogP contribution in [-0.2, 0) is 4.79 Å². The molecular weight excluding hydrogens is 276 g/mol. The van der Waals surface area contributed by atoms with Crippen molar-refractivity contribution < 1.29 is 9.53 Å². The van der Waals surface area contributed by atoms with E-state index in [4.69, 9.17) is 10.5 Å². The number of nitrogens with two attached hydrogens (primary N) is 1. The molecule has 112 valence electrons.